The van der Waals surface area contributed by atoms with Gasteiger partial charge in [0.1, 0.15) is 5.75 Å². The molecule has 0 radical (unpaired) electrons. The van der Waals surface area contributed by atoms with Gasteiger partial charge in [-0.05, 0) is 58.9 Å². The van der Waals surface area contributed by atoms with Crippen molar-refractivity contribution in [2.45, 2.75) is 59.0 Å². The zero-order valence-electron chi connectivity index (χ0n) is 15.4. The van der Waals surface area contributed by atoms with Crippen LogP contribution < -0.4 is 10.1 Å². The molecule has 1 aliphatic rings. The van der Waals surface area contributed by atoms with E-state index in [2.05, 4.69) is 31.0 Å². The number of carbonyl (C=O) groups excluding carboxylic acids is 1. The van der Waals surface area contributed by atoms with Crippen LogP contribution >= 0.6 is 0 Å². The fraction of sp³-hybridized carbons (Fsp3) is 0.632. The van der Waals surface area contributed by atoms with Gasteiger partial charge in [-0.3, -0.25) is 9.69 Å². The first-order chi connectivity index (χ1) is 11.3. The first kappa shape index (κ1) is 18.7. The van der Waals surface area contributed by atoms with Crippen LogP contribution in [-0.2, 0) is 4.74 Å². The summed E-state index contributed by atoms with van der Waals surface area (Å²) in [4.78, 5) is 14.7. The maximum atomic E-state index is 12.3. The van der Waals surface area contributed by atoms with Gasteiger partial charge in [0.05, 0.1) is 18.3 Å². The van der Waals surface area contributed by atoms with Gasteiger partial charge in [0.2, 0.25) is 0 Å². The van der Waals surface area contributed by atoms with Gasteiger partial charge < -0.3 is 14.8 Å². The predicted molar refractivity (Wildman–Crippen MR) is 95.6 cm³/mol. The summed E-state index contributed by atoms with van der Waals surface area (Å²) in [6.45, 7) is 12.7. The number of nitrogens with one attached hydrogen (secondary N) is 1. The normalized spacial score (nSPS) is 23.1. The summed E-state index contributed by atoms with van der Waals surface area (Å²) < 4.78 is 11.4. The second kappa shape index (κ2) is 8.49. The zero-order chi connectivity index (χ0) is 17.7. The van der Waals surface area contributed by atoms with Crippen molar-refractivity contribution in [3.8, 4) is 5.75 Å². The van der Waals surface area contributed by atoms with Gasteiger partial charge in [0.15, 0.2) is 0 Å². The van der Waals surface area contributed by atoms with E-state index in [0.717, 1.165) is 18.8 Å². The fourth-order valence-corrected chi connectivity index (χ4v) is 3.01. The summed E-state index contributed by atoms with van der Waals surface area (Å²) >= 11 is 0. The molecule has 3 unspecified atom stereocenters. The number of ether oxygens (including phenoxy) is 2. The van der Waals surface area contributed by atoms with Gasteiger partial charge >= 0.3 is 0 Å². The van der Waals surface area contributed by atoms with E-state index in [1.807, 2.05) is 26.0 Å². The van der Waals surface area contributed by atoms with E-state index in [-0.39, 0.29) is 30.3 Å². The van der Waals surface area contributed by atoms with Gasteiger partial charge in [0.25, 0.3) is 5.91 Å². The third-order valence-corrected chi connectivity index (χ3v) is 4.12. The SMILES string of the molecule is CC(C)Oc1ccc(C(=O)NCC(C)N2CC(C)OC(C)C2)cc1. The molecular weight excluding hydrogens is 304 g/mol. The van der Waals surface area contributed by atoms with Crippen molar-refractivity contribution in [3.63, 3.8) is 0 Å². The van der Waals surface area contributed by atoms with Gasteiger partial charge in [-0.25, -0.2) is 0 Å². The second-order valence-electron chi connectivity index (χ2n) is 6.96. The molecule has 2 rings (SSSR count). The lowest BCUT2D eigenvalue weighted by Gasteiger charge is -2.39. The molecule has 0 spiro atoms. The molecule has 0 aliphatic carbocycles. The van der Waals surface area contributed by atoms with E-state index >= 15 is 0 Å². The smallest absolute Gasteiger partial charge is 0.251 e. The van der Waals surface area contributed by atoms with E-state index in [9.17, 15) is 4.79 Å². The Morgan fingerprint density at radius 2 is 1.79 bits per heavy atom. The summed E-state index contributed by atoms with van der Waals surface area (Å²) in [6.07, 6.45) is 0.602. The van der Waals surface area contributed by atoms with Crippen molar-refractivity contribution < 1.29 is 14.3 Å². The maximum absolute atomic E-state index is 12.3. The molecule has 5 heteroatoms. The topological polar surface area (TPSA) is 50.8 Å². The molecule has 24 heavy (non-hydrogen) atoms. The molecule has 1 saturated heterocycles. The van der Waals surface area contributed by atoms with Crippen LogP contribution in [0, 0.1) is 0 Å². The molecule has 3 atom stereocenters. The Hall–Kier alpha value is -1.59. The van der Waals surface area contributed by atoms with E-state index in [4.69, 9.17) is 9.47 Å². The minimum Gasteiger partial charge on any atom is -0.491 e. The van der Waals surface area contributed by atoms with Gasteiger partial charge in [0, 0.05) is 31.2 Å². The largest absolute Gasteiger partial charge is 0.491 e. The third kappa shape index (κ3) is 5.49. The highest BCUT2D eigenvalue weighted by molar-refractivity contribution is 5.94. The monoisotopic (exact) mass is 334 g/mol. The number of hydrogen-bond acceptors (Lipinski definition) is 4. The van der Waals surface area contributed by atoms with Crippen LogP contribution in [0.15, 0.2) is 24.3 Å². The van der Waals surface area contributed by atoms with Gasteiger partial charge in [-0.1, -0.05) is 0 Å². The Labute approximate surface area is 145 Å². The first-order valence-electron chi connectivity index (χ1n) is 8.79. The Balaban J connectivity index is 1.83. The van der Waals surface area contributed by atoms with Crippen LogP contribution in [-0.4, -0.2) is 54.8 Å². The molecule has 0 aromatic heterocycles. The quantitative estimate of drug-likeness (QED) is 0.869. The molecule has 1 N–H and O–H groups in total. The lowest BCUT2D eigenvalue weighted by atomic mass is 10.1. The fourth-order valence-electron chi connectivity index (χ4n) is 3.01. The van der Waals surface area contributed by atoms with Crippen molar-refractivity contribution >= 4 is 5.91 Å². The van der Waals surface area contributed by atoms with Crippen LogP contribution in [0.5, 0.6) is 5.75 Å². The van der Waals surface area contributed by atoms with E-state index in [1.54, 1.807) is 12.1 Å². The lowest BCUT2D eigenvalue weighted by Crippen LogP contribution is -2.52. The van der Waals surface area contributed by atoms with Crippen molar-refractivity contribution in [2.24, 2.45) is 0 Å². The summed E-state index contributed by atoms with van der Waals surface area (Å²) in [5.74, 6) is 0.735. The minimum absolute atomic E-state index is 0.0488. The number of morpholine rings is 1. The predicted octanol–water partition coefficient (Wildman–Crippen LogP) is 2.70. The first-order valence-corrected chi connectivity index (χ1v) is 8.79. The van der Waals surface area contributed by atoms with Crippen LogP contribution in [0.1, 0.15) is 45.0 Å². The summed E-state index contributed by atoms with van der Waals surface area (Å²) in [7, 11) is 0. The third-order valence-electron chi connectivity index (χ3n) is 4.12. The summed E-state index contributed by atoms with van der Waals surface area (Å²) in [5.41, 5.74) is 0.655. The maximum Gasteiger partial charge on any atom is 0.251 e. The van der Waals surface area contributed by atoms with Crippen LogP contribution in [0.2, 0.25) is 0 Å². The molecule has 1 fully saturated rings. The Kier molecular flexibility index (Phi) is 6.63. The van der Waals surface area contributed by atoms with Crippen LogP contribution in [0.4, 0.5) is 0 Å². The average molecular weight is 334 g/mol. The van der Waals surface area contributed by atoms with Crippen LogP contribution in [0.3, 0.4) is 0 Å². The van der Waals surface area contributed by atoms with Crippen molar-refractivity contribution in [3.05, 3.63) is 29.8 Å². The van der Waals surface area contributed by atoms with Crippen molar-refractivity contribution in [1.29, 1.82) is 0 Å². The molecule has 1 aliphatic heterocycles. The molecule has 0 bridgehead atoms. The molecular formula is C19H30N2O3. The molecule has 1 aromatic carbocycles. The standard InChI is InChI=1S/C19H30N2O3/c1-13(2)23-18-8-6-17(7-9-18)19(22)20-10-14(3)21-11-15(4)24-16(5)12-21/h6-9,13-16H,10-12H2,1-5H3,(H,20,22). The highest BCUT2D eigenvalue weighted by Gasteiger charge is 2.25. The zero-order valence-corrected chi connectivity index (χ0v) is 15.4. The number of benzene rings is 1. The van der Waals surface area contributed by atoms with E-state index < -0.39 is 0 Å². The number of hydrogen-bond donors (Lipinski definition) is 1. The van der Waals surface area contributed by atoms with Gasteiger partial charge in [-0.2, -0.15) is 0 Å². The molecule has 5 nitrogen and oxygen atoms in total. The molecule has 1 aromatic rings. The highest BCUT2D eigenvalue weighted by atomic mass is 16.5. The highest BCUT2D eigenvalue weighted by Crippen LogP contribution is 2.15. The minimum atomic E-state index is -0.0488. The Bertz CT molecular complexity index is 520. The van der Waals surface area contributed by atoms with Crippen LogP contribution in [0.25, 0.3) is 0 Å². The van der Waals surface area contributed by atoms with E-state index in [1.165, 1.54) is 0 Å². The van der Waals surface area contributed by atoms with Crippen molar-refractivity contribution in [1.82, 2.24) is 10.2 Å². The van der Waals surface area contributed by atoms with Crippen molar-refractivity contribution in [2.75, 3.05) is 19.6 Å². The Morgan fingerprint density at radius 1 is 1.21 bits per heavy atom. The Morgan fingerprint density at radius 3 is 2.33 bits per heavy atom. The average Bonchev–Trinajstić information content (AvgIpc) is 2.51. The van der Waals surface area contributed by atoms with Gasteiger partial charge in [-0.15, -0.1) is 0 Å². The summed E-state index contributed by atoms with van der Waals surface area (Å²) in [6, 6.07) is 7.56. The number of rotatable bonds is 6. The molecule has 1 heterocycles. The van der Waals surface area contributed by atoms with E-state index in [0.29, 0.717) is 12.1 Å². The lowest BCUT2D eigenvalue weighted by molar-refractivity contribution is -0.0778. The molecule has 1 amide bonds. The summed E-state index contributed by atoms with van der Waals surface area (Å²) in [5, 5.41) is 3.02. The number of nitrogens with zero attached hydrogens (tertiary/aromatic N) is 1. The molecule has 0 saturated carbocycles. The number of amides is 1. The second-order valence-corrected chi connectivity index (χ2v) is 6.96. The molecule has 134 valence electrons. The number of carbonyl (C=O) groups is 1.